The van der Waals surface area contributed by atoms with Crippen molar-refractivity contribution in [2.45, 2.75) is 290 Å². The first-order valence-electron chi connectivity index (χ1n) is 30.9. The summed E-state index contributed by atoms with van der Waals surface area (Å²) < 4.78 is 16.8. The Morgan fingerprint density at radius 2 is 0.527 bits per heavy atom. The van der Waals surface area contributed by atoms with E-state index in [2.05, 4.69) is 130 Å². The second-order valence-electron chi connectivity index (χ2n) is 20.2. The SMILES string of the molecule is CC/C=C\C/C=C\C/C=C\C/C=C\C/C=C\C/C=C\CCCCCCCCCCCCCCC(=O)OCC(COC(=O)CCCCCCCCCCCCCC)OC(=O)CCCCC/C=C\C/C=C\C/C=C\CC. The summed E-state index contributed by atoms with van der Waals surface area (Å²) >= 11 is 0. The van der Waals surface area contributed by atoms with Crippen LogP contribution in [0.3, 0.4) is 0 Å². The number of hydrogen-bond donors (Lipinski definition) is 0. The molecule has 0 aliphatic rings. The van der Waals surface area contributed by atoms with Crippen LogP contribution < -0.4 is 0 Å². The van der Waals surface area contributed by atoms with E-state index < -0.39 is 6.10 Å². The third-order valence-corrected chi connectivity index (χ3v) is 13.0. The average molecular weight is 1030 g/mol. The molecule has 0 aliphatic carbocycles. The molecule has 0 aromatic carbocycles. The Morgan fingerprint density at radius 1 is 0.284 bits per heavy atom. The molecule has 0 aromatic heterocycles. The molecular weight excluding hydrogens is 913 g/mol. The molecule has 0 saturated heterocycles. The molecule has 422 valence electrons. The van der Waals surface area contributed by atoms with Gasteiger partial charge in [-0.05, 0) is 103 Å². The predicted molar refractivity (Wildman–Crippen MR) is 320 cm³/mol. The van der Waals surface area contributed by atoms with Crippen molar-refractivity contribution in [3.05, 3.63) is 109 Å². The Hall–Kier alpha value is -3.93. The number of esters is 3. The zero-order valence-electron chi connectivity index (χ0n) is 48.3. The van der Waals surface area contributed by atoms with Crippen molar-refractivity contribution in [3.63, 3.8) is 0 Å². The molecular formula is C68H114O6. The molecule has 1 atom stereocenters. The lowest BCUT2D eigenvalue weighted by Gasteiger charge is -2.18. The summed E-state index contributed by atoms with van der Waals surface area (Å²) in [6, 6.07) is 0. The minimum absolute atomic E-state index is 0.0880. The highest BCUT2D eigenvalue weighted by atomic mass is 16.6. The number of ether oxygens (including phenoxy) is 3. The van der Waals surface area contributed by atoms with Gasteiger partial charge in [0.25, 0.3) is 0 Å². The van der Waals surface area contributed by atoms with Crippen molar-refractivity contribution in [3.8, 4) is 0 Å². The smallest absolute Gasteiger partial charge is 0.306 e. The summed E-state index contributed by atoms with van der Waals surface area (Å²) in [7, 11) is 0. The van der Waals surface area contributed by atoms with E-state index in [1.165, 1.54) is 122 Å². The molecule has 0 aliphatic heterocycles. The van der Waals surface area contributed by atoms with E-state index in [-0.39, 0.29) is 31.1 Å². The number of hydrogen-bond acceptors (Lipinski definition) is 6. The molecule has 0 amide bonds. The molecule has 0 fully saturated rings. The third kappa shape index (κ3) is 59.0. The molecule has 0 radical (unpaired) electrons. The first-order valence-corrected chi connectivity index (χ1v) is 30.9. The van der Waals surface area contributed by atoms with Crippen LogP contribution in [0, 0.1) is 0 Å². The van der Waals surface area contributed by atoms with Crippen LogP contribution in [-0.2, 0) is 28.6 Å². The Morgan fingerprint density at radius 3 is 0.838 bits per heavy atom. The first-order chi connectivity index (χ1) is 36.5. The maximum atomic E-state index is 12.8. The molecule has 0 heterocycles. The fraction of sp³-hybridized carbons (Fsp3) is 0.691. The van der Waals surface area contributed by atoms with Crippen LogP contribution in [0.5, 0.6) is 0 Å². The number of carbonyl (C=O) groups excluding carboxylic acids is 3. The average Bonchev–Trinajstić information content (AvgIpc) is 3.40. The van der Waals surface area contributed by atoms with Gasteiger partial charge in [-0.3, -0.25) is 14.4 Å². The van der Waals surface area contributed by atoms with Gasteiger partial charge in [0.05, 0.1) is 0 Å². The topological polar surface area (TPSA) is 78.9 Å². The van der Waals surface area contributed by atoms with Crippen LogP contribution in [0.2, 0.25) is 0 Å². The predicted octanol–water partition coefficient (Wildman–Crippen LogP) is 21.0. The summed E-state index contributed by atoms with van der Waals surface area (Å²) in [6.07, 6.45) is 83.9. The van der Waals surface area contributed by atoms with Gasteiger partial charge in [0.1, 0.15) is 13.2 Å². The number of rotatable bonds is 55. The highest BCUT2D eigenvalue weighted by Gasteiger charge is 2.19. The van der Waals surface area contributed by atoms with Gasteiger partial charge in [0, 0.05) is 19.3 Å². The van der Waals surface area contributed by atoms with Crippen molar-refractivity contribution >= 4 is 17.9 Å². The van der Waals surface area contributed by atoms with Crippen LogP contribution in [0.25, 0.3) is 0 Å². The molecule has 0 aromatic rings. The van der Waals surface area contributed by atoms with Gasteiger partial charge in [-0.25, -0.2) is 0 Å². The van der Waals surface area contributed by atoms with Gasteiger partial charge < -0.3 is 14.2 Å². The van der Waals surface area contributed by atoms with Crippen LogP contribution in [0.15, 0.2) is 109 Å². The van der Waals surface area contributed by atoms with Crippen molar-refractivity contribution in [2.24, 2.45) is 0 Å². The second kappa shape index (κ2) is 61.6. The summed E-state index contributed by atoms with van der Waals surface area (Å²) in [5, 5.41) is 0. The van der Waals surface area contributed by atoms with E-state index in [9.17, 15) is 14.4 Å². The van der Waals surface area contributed by atoms with Crippen molar-refractivity contribution in [1.82, 2.24) is 0 Å². The van der Waals surface area contributed by atoms with Crippen LogP contribution >= 0.6 is 0 Å². The molecule has 74 heavy (non-hydrogen) atoms. The van der Waals surface area contributed by atoms with E-state index in [0.29, 0.717) is 19.3 Å². The molecule has 1 unspecified atom stereocenters. The van der Waals surface area contributed by atoms with Crippen molar-refractivity contribution < 1.29 is 28.6 Å². The molecule has 0 N–H and O–H groups in total. The highest BCUT2D eigenvalue weighted by Crippen LogP contribution is 2.16. The fourth-order valence-corrected chi connectivity index (χ4v) is 8.46. The largest absolute Gasteiger partial charge is 0.462 e. The lowest BCUT2D eigenvalue weighted by atomic mass is 10.0. The van der Waals surface area contributed by atoms with Crippen molar-refractivity contribution in [1.29, 1.82) is 0 Å². The van der Waals surface area contributed by atoms with Crippen LogP contribution in [-0.4, -0.2) is 37.2 Å². The van der Waals surface area contributed by atoms with E-state index >= 15 is 0 Å². The number of allylic oxidation sites excluding steroid dienone is 18. The highest BCUT2D eigenvalue weighted by molar-refractivity contribution is 5.71. The Balaban J connectivity index is 4.20. The van der Waals surface area contributed by atoms with Gasteiger partial charge in [-0.2, -0.15) is 0 Å². The van der Waals surface area contributed by atoms with Crippen LogP contribution in [0.1, 0.15) is 284 Å². The van der Waals surface area contributed by atoms with Gasteiger partial charge in [0.2, 0.25) is 0 Å². The van der Waals surface area contributed by atoms with E-state index in [0.717, 1.165) is 122 Å². The van der Waals surface area contributed by atoms with Gasteiger partial charge in [0.15, 0.2) is 6.10 Å². The fourth-order valence-electron chi connectivity index (χ4n) is 8.46. The minimum atomic E-state index is -0.792. The van der Waals surface area contributed by atoms with Gasteiger partial charge in [-0.15, -0.1) is 0 Å². The lowest BCUT2D eigenvalue weighted by molar-refractivity contribution is -0.167. The summed E-state index contributed by atoms with van der Waals surface area (Å²) in [6.45, 7) is 6.39. The second-order valence-corrected chi connectivity index (χ2v) is 20.2. The van der Waals surface area contributed by atoms with E-state index in [1.807, 2.05) is 0 Å². The third-order valence-electron chi connectivity index (χ3n) is 13.0. The monoisotopic (exact) mass is 1030 g/mol. The first kappa shape index (κ1) is 70.1. The van der Waals surface area contributed by atoms with E-state index in [1.54, 1.807) is 0 Å². The maximum absolute atomic E-state index is 12.8. The molecule has 6 heteroatoms. The zero-order valence-corrected chi connectivity index (χ0v) is 48.3. The van der Waals surface area contributed by atoms with Crippen LogP contribution in [0.4, 0.5) is 0 Å². The molecule has 6 nitrogen and oxygen atoms in total. The summed E-state index contributed by atoms with van der Waals surface area (Å²) in [5.74, 6) is -0.915. The van der Waals surface area contributed by atoms with Gasteiger partial charge >= 0.3 is 17.9 Å². The Kier molecular flexibility index (Phi) is 58.3. The summed E-state index contributed by atoms with van der Waals surface area (Å²) in [5.41, 5.74) is 0. The Labute approximate surface area is 457 Å². The minimum Gasteiger partial charge on any atom is -0.462 e. The lowest BCUT2D eigenvalue weighted by Crippen LogP contribution is -2.30. The van der Waals surface area contributed by atoms with Crippen molar-refractivity contribution in [2.75, 3.05) is 13.2 Å². The molecule has 0 saturated carbocycles. The Bertz CT molecular complexity index is 1510. The zero-order chi connectivity index (χ0) is 53.6. The number of carbonyl (C=O) groups is 3. The molecule has 0 spiro atoms. The molecule has 0 bridgehead atoms. The normalized spacial score (nSPS) is 12.9. The van der Waals surface area contributed by atoms with Gasteiger partial charge in [-0.1, -0.05) is 271 Å². The quantitative estimate of drug-likeness (QED) is 0.0261. The van der Waals surface area contributed by atoms with E-state index in [4.69, 9.17) is 14.2 Å². The molecule has 0 rings (SSSR count). The standard InChI is InChI=1S/C68H114O6/c1-4-7-10-13-16-19-22-25-26-27-28-29-30-31-32-33-34-35-36-37-38-39-40-41-42-44-46-49-52-55-58-61-67(70)73-64-65(63-72-66(69)60-57-54-51-48-45-24-21-18-15-12-9-6-3)74-68(71)62-59-56-53-50-47-43-23-20-17-14-11-8-5-2/h7-8,10-11,16-17,19-20,25-26,28-29,31-32,34-35,43,47,65H,4-6,9,12-15,18,21-24,27,30,33,36-42,44-46,48-64H2,1-3H3/b10-7-,11-8-,19-16-,20-17-,26-25-,29-28-,32-31-,35-34-,47-43-. The number of unbranched alkanes of at least 4 members (excludes halogenated alkanes) is 26. The summed E-state index contributed by atoms with van der Waals surface area (Å²) in [4.78, 5) is 38.1. The maximum Gasteiger partial charge on any atom is 0.306 e.